The molecule has 60 heavy (non-hydrogen) atoms. The Hall–Kier alpha value is -7.94. The maximum Gasteiger partial charge on any atom is 0.0562 e. The van der Waals surface area contributed by atoms with E-state index in [1.54, 1.807) is 0 Å². The van der Waals surface area contributed by atoms with Gasteiger partial charge in [-0.1, -0.05) is 200 Å². The van der Waals surface area contributed by atoms with E-state index in [9.17, 15) is 0 Å². The van der Waals surface area contributed by atoms with Gasteiger partial charge < -0.3 is 9.47 Å². The van der Waals surface area contributed by atoms with E-state index in [0.717, 1.165) is 44.9 Å². The van der Waals surface area contributed by atoms with E-state index in [1.165, 1.54) is 54.9 Å². The number of aromatic nitrogens is 1. The van der Waals surface area contributed by atoms with Crippen LogP contribution in [0.4, 0.5) is 17.1 Å². The molecule has 282 valence electrons. The van der Waals surface area contributed by atoms with Gasteiger partial charge in [0.05, 0.1) is 33.8 Å². The van der Waals surface area contributed by atoms with Gasteiger partial charge in [0, 0.05) is 27.5 Å². The normalized spacial score (nSPS) is 11.3. The lowest BCUT2D eigenvalue weighted by Crippen LogP contribution is -2.13. The van der Waals surface area contributed by atoms with Gasteiger partial charge in [0.25, 0.3) is 0 Å². The van der Waals surface area contributed by atoms with Crippen LogP contribution in [-0.4, -0.2) is 4.57 Å². The molecule has 0 aliphatic rings. The second kappa shape index (κ2) is 15.1. The molecule has 1 heterocycles. The molecule has 0 aliphatic carbocycles. The van der Waals surface area contributed by atoms with Gasteiger partial charge in [-0.05, 0) is 81.1 Å². The van der Waals surface area contributed by atoms with Crippen molar-refractivity contribution < 1.29 is 0 Å². The second-order valence-corrected chi connectivity index (χ2v) is 15.3. The van der Waals surface area contributed by atoms with Crippen LogP contribution < -0.4 is 4.90 Å². The van der Waals surface area contributed by atoms with Crippen LogP contribution in [0.1, 0.15) is 0 Å². The van der Waals surface area contributed by atoms with E-state index < -0.39 is 0 Å². The fourth-order valence-electron chi connectivity index (χ4n) is 9.02. The summed E-state index contributed by atoms with van der Waals surface area (Å²) in [6, 6.07) is 88.0. The highest BCUT2D eigenvalue weighted by Gasteiger charge is 2.25. The summed E-state index contributed by atoms with van der Waals surface area (Å²) in [6.45, 7) is 0. The minimum atomic E-state index is 1.11. The largest absolute Gasteiger partial charge is 0.309 e. The minimum Gasteiger partial charge on any atom is -0.309 e. The molecular formula is C58H40N2. The van der Waals surface area contributed by atoms with Gasteiger partial charge in [0.15, 0.2) is 0 Å². The van der Waals surface area contributed by atoms with E-state index >= 15 is 0 Å². The summed E-state index contributed by atoms with van der Waals surface area (Å²) in [6.07, 6.45) is 0. The Morgan fingerprint density at radius 2 is 0.767 bits per heavy atom. The van der Waals surface area contributed by atoms with Crippen LogP contribution in [-0.2, 0) is 0 Å². The Bertz CT molecular complexity index is 3230. The smallest absolute Gasteiger partial charge is 0.0562 e. The van der Waals surface area contributed by atoms with Crippen LogP contribution in [0, 0.1) is 0 Å². The molecule has 0 fully saturated rings. The highest BCUT2D eigenvalue weighted by Crippen LogP contribution is 2.49. The third kappa shape index (κ3) is 6.14. The zero-order valence-corrected chi connectivity index (χ0v) is 33.0. The molecule has 0 amide bonds. The first-order chi connectivity index (χ1) is 29.8. The van der Waals surface area contributed by atoms with Crippen molar-refractivity contribution in [2.75, 3.05) is 4.90 Å². The molecule has 0 bridgehead atoms. The Labute approximate surface area is 350 Å². The Morgan fingerprint density at radius 1 is 0.283 bits per heavy atom. The molecule has 0 spiro atoms. The average Bonchev–Trinajstić information content (AvgIpc) is 3.67. The molecule has 11 aromatic rings. The topological polar surface area (TPSA) is 8.17 Å². The first kappa shape index (κ1) is 35.2. The predicted molar refractivity (Wildman–Crippen MR) is 255 cm³/mol. The fourth-order valence-corrected chi connectivity index (χ4v) is 9.02. The molecule has 0 unspecified atom stereocenters. The van der Waals surface area contributed by atoms with Crippen LogP contribution in [0.2, 0.25) is 0 Å². The molecule has 0 aliphatic heterocycles. The lowest BCUT2D eigenvalue weighted by atomic mass is 9.96. The molecular weight excluding hydrogens is 725 g/mol. The number of anilines is 3. The van der Waals surface area contributed by atoms with Crippen molar-refractivity contribution in [3.8, 4) is 50.2 Å². The zero-order chi connectivity index (χ0) is 39.8. The van der Waals surface area contributed by atoms with Crippen molar-refractivity contribution in [3.63, 3.8) is 0 Å². The number of benzene rings is 10. The third-order valence-corrected chi connectivity index (χ3v) is 11.8. The summed E-state index contributed by atoms with van der Waals surface area (Å²) in [5.74, 6) is 0. The molecule has 10 aromatic carbocycles. The Kier molecular flexibility index (Phi) is 8.87. The van der Waals surface area contributed by atoms with Crippen molar-refractivity contribution in [2.45, 2.75) is 0 Å². The number of nitrogens with zero attached hydrogens (tertiary/aromatic N) is 2. The summed E-state index contributed by atoms with van der Waals surface area (Å²) in [4.78, 5) is 2.49. The SMILES string of the molecule is c1ccc(-c2ccccc2N(c2ccccc2-c2ccccc2)c2cccc3c2c2ccccc2n3-c2cc(-c3ccc4ccccc4c3)ccc2-c2ccccc2)cc1. The maximum absolute atomic E-state index is 2.49. The molecule has 0 saturated heterocycles. The van der Waals surface area contributed by atoms with E-state index in [0.29, 0.717) is 0 Å². The van der Waals surface area contributed by atoms with Crippen LogP contribution in [0.25, 0.3) is 82.8 Å². The molecule has 0 atom stereocenters. The molecule has 0 N–H and O–H groups in total. The van der Waals surface area contributed by atoms with Crippen LogP contribution >= 0.6 is 0 Å². The number of hydrogen-bond donors (Lipinski definition) is 0. The van der Waals surface area contributed by atoms with Crippen LogP contribution in [0.3, 0.4) is 0 Å². The van der Waals surface area contributed by atoms with Crippen LogP contribution in [0.5, 0.6) is 0 Å². The summed E-state index contributed by atoms with van der Waals surface area (Å²) < 4.78 is 2.49. The lowest BCUT2D eigenvalue weighted by molar-refractivity contribution is 1.18. The van der Waals surface area contributed by atoms with Crippen LogP contribution in [0.15, 0.2) is 243 Å². The summed E-state index contributed by atoms with van der Waals surface area (Å²) >= 11 is 0. The molecule has 1 aromatic heterocycles. The standard InChI is InChI=1S/C58H40N2/c1-4-20-42(21-5-1)48-27-12-15-30-52(48)59(53-31-16-13-28-49(53)43-22-6-2-7-23-43)55-33-18-34-56-58(55)51-29-14-17-32-54(51)60(56)57-40-47(37-38-50(57)44-24-8-3-9-25-44)46-36-35-41-19-10-11-26-45(41)39-46/h1-40H. The molecule has 0 radical (unpaired) electrons. The van der Waals surface area contributed by atoms with Crippen molar-refractivity contribution in [3.05, 3.63) is 243 Å². The van der Waals surface area contributed by atoms with Gasteiger partial charge in [0.2, 0.25) is 0 Å². The lowest BCUT2D eigenvalue weighted by Gasteiger charge is -2.30. The number of rotatable bonds is 8. The van der Waals surface area contributed by atoms with Gasteiger partial charge in [-0.15, -0.1) is 0 Å². The first-order valence-corrected chi connectivity index (χ1v) is 20.6. The maximum atomic E-state index is 2.49. The number of fused-ring (bicyclic) bond motifs is 4. The minimum absolute atomic E-state index is 1.11. The monoisotopic (exact) mass is 764 g/mol. The van der Waals surface area contributed by atoms with E-state index in [1.807, 2.05) is 0 Å². The molecule has 2 heteroatoms. The van der Waals surface area contributed by atoms with Gasteiger partial charge in [-0.3, -0.25) is 0 Å². The summed E-state index contributed by atoms with van der Waals surface area (Å²) in [7, 11) is 0. The predicted octanol–water partition coefficient (Wildman–Crippen LogP) is 16.1. The van der Waals surface area contributed by atoms with Crippen molar-refractivity contribution in [1.82, 2.24) is 4.57 Å². The van der Waals surface area contributed by atoms with Crippen molar-refractivity contribution in [1.29, 1.82) is 0 Å². The molecule has 0 saturated carbocycles. The Morgan fingerprint density at radius 3 is 1.43 bits per heavy atom. The highest BCUT2D eigenvalue weighted by molar-refractivity contribution is 6.17. The third-order valence-electron chi connectivity index (χ3n) is 11.8. The number of hydrogen-bond acceptors (Lipinski definition) is 1. The van der Waals surface area contributed by atoms with E-state index in [4.69, 9.17) is 0 Å². The number of para-hydroxylation sites is 3. The quantitative estimate of drug-likeness (QED) is 0.150. The van der Waals surface area contributed by atoms with Crippen molar-refractivity contribution in [2.24, 2.45) is 0 Å². The summed E-state index contributed by atoms with van der Waals surface area (Å²) in [5.41, 5.74) is 16.1. The second-order valence-electron chi connectivity index (χ2n) is 15.3. The zero-order valence-electron chi connectivity index (χ0n) is 33.0. The first-order valence-electron chi connectivity index (χ1n) is 20.6. The van der Waals surface area contributed by atoms with Crippen molar-refractivity contribution >= 4 is 49.6 Å². The van der Waals surface area contributed by atoms with Gasteiger partial charge >= 0.3 is 0 Å². The van der Waals surface area contributed by atoms with E-state index in [-0.39, 0.29) is 0 Å². The van der Waals surface area contributed by atoms with Gasteiger partial charge in [-0.25, -0.2) is 0 Å². The fraction of sp³-hybridized carbons (Fsp3) is 0. The van der Waals surface area contributed by atoms with Gasteiger partial charge in [0.1, 0.15) is 0 Å². The van der Waals surface area contributed by atoms with Gasteiger partial charge in [-0.2, -0.15) is 0 Å². The summed E-state index contributed by atoms with van der Waals surface area (Å²) in [5, 5.41) is 4.85. The Balaban J connectivity index is 1.22. The molecule has 11 rings (SSSR count). The average molecular weight is 765 g/mol. The van der Waals surface area contributed by atoms with E-state index in [2.05, 4.69) is 252 Å². The molecule has 2 nitrogen and oxygen atoms in total. The highest BCUT2D eigenvalue weighted by atomic mass is 15.2.